The molecule has 0 aliphatic rings. The first-order valence-electron chi connectivity index (χ1n) is 4.30. The Labute approximate surface area is 78.4 Å². The van der Waals surface area contributed by atoms with Gasteiger partial charge in [0, 0.05) is 4.90 Å². The van der Waals surface area contributed by atoms with Crippen molar-refractivity contribution in [2.75, 3.05) is 0 Å². The van der Waals surface area contributed by atoms with Crippen LogP contribution in [0.3, 0.4) is 0 Å². The Kier molecular flexibility index (Phi) is 4.19. The zero-order chi connectivity index (χ0) is 8.81. The van der Waals surface area contributed by atoms with Crippen LogP contribution in [0.25, 0.3) is 0 Å². The number of benzene rings is 1. The molecule has 0 saturated carbocycles. The largest absolute Gasteiger partial charge is 0.319 e. The van der Waals surface area contributed by atoms with Gasteiger partial charge in [0.25, 0.3) is 0 Å². The van der Waals surface area contributed by atoms with E-state index in [0.29, 0.717) is 0 Å². The molecule has 1 nitrogen and oxygen atoms in total. The van der Waals surface area contributed by atoms with Gasteiger partial charge in [-0.3, -0.25) is 0 Å². The summed E-state index contributed by atoms with van der Waals surface area (Å²) in [5.41, 5.74) is 5.88. The van der Waals surface area contributed by atoms with Crippen LogP contribution >= 0.6 is 11.8 Å². The van der Waals surface area contributed by atoms with Crippen LogP contribution in [-0.4, -0.2) is 5.37 Å². The fraction of sp³-hybridized carbons (Fsp3) is 0.400. The summed E-state index contributed by atoms with van der Waals surface area (Å²) in [4.78, 5) is 1.26. The summed E-state index contributed by atoms with van der Waals surface area (Å²) in [6, 6.07) is 10.3. The van der Waals surface area contributed by atoms with Gasteiger partial charge in [0.1, 0.15) is 0 Å². The molecule has 1 aromatic carbocycles. The fourth-order valence-electron chi connectivity index (χ4n) is 1.02. The zero-order valence-corrected chi connectivity index (χ0v) is 8.18. The average Bonchev–Trinajstić information content (AvgIpc) is 2.06. The van der Waals surface area contributed by atoms with Crippen LogP contribution in [0, 0.1) is 0 Å². The summed E-state index contributed by atoms with van der Waals surface area (Å²) in [5, 5.41) is 0.248. The number of thioether (sulfide) groups is 1. The van der Waals surface area contributed by atoms with E-state index < -0.39 is 0 Å². The van der Waals surface area contributed by atoms with E-state index in [1.807, 2.05) is 18.2 Å². The predicted octanol–water partition coefficient (Wildman–Crippen LogP) is 2.86. The molecule has 66 valence electrons. The Hall–Kier alpha value is -0.470. The normalized spacial score (nSPS) is 12.8. The Morgan fingerprint density at radius 1 is 1.33 bits per heavy atom. The minimum atomic E-state index is 0.248. The molecule has 1 unspecified atom stereocenters. The van der Waals surface area contributed by atoms with Gasteiger partial charge >= 0.3 is 0 Å². The van der Waals surface area contributed by atoms with E-state index in [4.69, 9.17) is 5.73 Å². The third-order valence-corrected chi connectivity index (χ3v) is 2.69. The SMILES string of the molecule is CCCC(N)Sc1ccccc1. The molecule has 2 N–H and O–H groups in total. The number of hydrogen-bond acceptors (Lipinski definition) is 2. The summed E-state index contributed by atoms with van der Waals surface area (Å²) in [5.74, 6) is 0. The van der Waals surface area contributed by atoms with Gasteiger partial charge in [-0.25, -0.2) is 0 Å². The number of hydrogen-bond donors (Lipinski definition) is 1. The lowest BCUT2D eigenvalue weighted by Crippen LogP contribution is -2.14. The first-order valence-corrected chi connectivity index (χ1v) is 5.18. The lowest BCUT2D eigenvalue weighted by molar-refractivity contribution is 0.764. The van der Waals surface area contributed by atoms with Crippen molar-refractivity contribution in [1.29, 1.82) is 0 Å². The molecule has 2 heteroatoms. The third kappa shape index (κ3) is 3.28. The molecule has 0 heterocycles. The zero-order valence-electron chi connectivity index (χ0n) is 7.36. The van der Waals surface area contributed by atoms with Crippen LogP contribution in [0.4, 0.5) is 0 Å². The van der Waals surface area contributed by atoms with Gasteiger partial charge in [0.2, 0.25) is 0 Å². The summed E-state index contributed by atoms with van der Waals surface area (Å²) >= 11 is 1.75. The molecular weight excluding hydrogens is 166 g/mol. The van der Waals surface area contributed by atoms with Crippen molar-refractivity contribution in [3.05, 3.63) is 30.3 Å². The van der Waals surface area contributed by atoms with Gasteiger partial charge in [-0.2, -0.15) is 0 Å². The smallest absolute Gasteiger partial charge is 0.0554 e. The first kappa shape index (κ1) is 9.62. The van der Waals surface area contributed by atoms with Gasteiger partial charge in [0.15, 0.2) is 0 Å². The molecule has 0 saturated heterocycles. The highest BCUT2D eigenvalue weighted by molar-refractivity contribution is 7.99. The molecule has 12 heavy (non-hydrogen) atoms. The number of nitrogens with two attached hydrogens (primary N) is 1. The molecular formula is C10H15NS. The summed E-state index contributed by atoms with van der Waals surface area (Å²) in [6.45, 7) is 2.16. The molecule has 0 fully saturated rings. The van der Waals surface area contributed by atoms with Crippen LogP contribution < -0.4 is 5.73 Å². The highest BCUT2D eigenvalue weighted by Gasteiger charge is 2.01. The second-order valence-corrected chi connectivity index (χ2v) is 4.07. The van der Waals surface area contributed by atoms with E-state index in [9.17, 15) is 0 Å². The van der Waals surface area contributed by atoms with Gasteiger partial charge in [-0.15, -0.1) is 11.8 Å². The average molecular weight is 181 g/mol. The predicted molar refractivity (Wildman–Crippen MR) is 55.2 cm³/mol. The van der Waals surface area contributed by atoms with Crippen LogP contribution in [0.1, 0.15) is 19.8 Å². The molecule has 0 amide bonds. The Bertz CT molecular complexity index is 210. The molecule has 1 atom stereocenters. The van der Waals surface area contributed by atoms with E-state index in [-0.39, 0.29) is 5.37 Å². The molecule has 0 radical (unpaired) electrons. The first-order chi connectivity index (χ1) is 5.83. The topological polar surface area (TPSA) is 26.0 Å². The van der Waals surface area contributed by atoms with Crippen LogP contribution in [0.15, 0.2) is 35.2 Å². The Balaban J connectivity index is 2.41. The molecule has 0 aliphatic carbocycles. The van der Waals surface area contributed by atoms with E-state index >= 15 is 0 Å². The minimum absolute atomic E-state index is 0.248. The standard InChI is InChI=1S/C10H15NS/c1-2-6-10(11)12-9-7-4-3-5-8-9/h3-5,7-8,10H,2,6,11H2,1H3. The van der Waals surface area contributed by atoms with Crippen molar-refractivity contribution < 1.29 is 0 Å². The van der Waals surface area contributed by atoms with Gasteiger partial charge in [-0.1, -0.05) is 31.5 Å². The second kappa shape index (κ2) is 5.22. The molecule has 0 spiro atoms. The van der Waals surface area contributed by atoms with Crippen molar-refractivity contribution in [3.63, 3.8) is 0 Å². The van der Waals surface area contributed by atoms with Crippen molar-refractivity contribution in [3.8, 4) is 0 Å². The second-order valence-electron chi connectivity index (χ2n) is 2.76. The number of rotatable bonds is 4. The fourth-order valence-corrected chi connectivity index (χ4v) is 2.03. The lowest BCUT2D eigenvalue weighted by atomic mass is 10.3. The molecule has 0 bridgehead atoms. The van der Waals surface area contributed by atoms with Crippen LogP contribution in [-0.2, 0) is 0 Å². The molecule has 0 aromatic heterocycles. The summed E-state index contributed by atoms with van der Waals surface area (Å²) < 4.78 is 0. The maximum atomic E-state index is 5.88. The quantitative estimate of drug-likeness (QED) is 0.571. The monoisotopic (exact) mass is 181 g/mol. The van der Waals surface area contributed by atoms with Crippen LogP contribution in [0.5, 0.6) is 0 Å². The van der Waals surface area contributed by atoms with Gasteiger partial charge < -0.3 is 5.73 Å². The maximum Gasteiger partial charge on any atom is 0.0554 e. The summed E-state index contributed by atoms with van der Waals surface area (Å²) in [6.07, 6.45) is 2.24. The van der Waals surface area contributed by atoms with Crippen molar-refractivity contribution in [2.24, 2.45) is 5.73 Å². The molecule has 0 aliphatic heterocycles. The van der Waals surface area contributed by atoms with E-state index in [1.54, 1.807) is 11.8 Å². The Morgan fingerprint density at radius 3 is 2.58 bits per heavy atom. The third-order valence-electron chi connectivity index (χ3n) is 1.60. The molecule has 1 aromatic rings. The summed E-state index contributed by atoms with van der Waals surface area (Å²) in [7, 11) is 0. The van der Waals surface area contributed by atoms with E-state index in [2.05, 4.69) is 19.1 Å². The maximum absolute atomic E-state index is 5.88. The molecule has 1 rings (SSSR count). The Morgan fingerprint density at radius 2 is 2.00 bits per heavy atom. The highest BCUT2D eigenvalue weighted by atomic mass is 32.2. The van der Waals surface area contributed by atoms with Crippen molar-refractivity contribution in [2.45, 2.75) is 30.0 Å². The van der Waals surface area contributed by atoms with Gasteiger partial charge in [0.05, 0.1) is 5.37 Å². The van der Waals surface area contributed by atoms with Crippen molar-refractivity contribution >= 4 is 11.8 Å². The van der Waals surface area contributed by atoms with E-state index in [1.165, 1.54) is 4.90 Å². The van der Waals surface area contributed by atoms with E-state index in [0.717, 1.165) is 12.8 Å². The van der Waals surface area contributed by atoms with Crippen LogP contribution in [0.2, 0.25) is 0 Å². The minimum Gasteiger partial charge on any atom is -0.319 e. The lowest BCUT2D eigenvalue weighted by Gasteiger charge is -2.08. The van der Waals surface area contributed by atoms with Gasteiger partial charge in [-0.05, 0) is 18.6 Å². The highest BCUT2D eigenvalue weighted by Crippen LogP contribution is 2.22. The van der Waals surface area contributed by atoms with Crippen molar-refractivity contribution in [1.82, 2.24) is 0 Å².